The summed E-state index contributed by atoms with van der Waals surface area (Å²) in [5, 5.41) is 0. The molecule has 0 saturated carbocycles. The van der Waals surface area contributed by atoms with Crippen LogP contribution in [0.15, 0.2) is 0 Å². The van der Waals surface area contributed by atoms with Crippen molar-refractivity contribution in [1.82, 2.24) is 4.90 Å². The summed E-state index contributed by atoms with van der Waals surface area (Å²) in [6.07, 6.45) is 22.9. The van der Waals surface area contributed by atoms with Crippen molar-refractivity contribution in [3.63, 3.8) is 0 Å². The van der Waals surface area contributed by atoms with E-state index in [1.807, 2.05) is 0 Å². The third-order valence-electron chi connectivity index (χ3n) is 6.39. The highest BCUT2D eigenvalue weighted by atomic mass is 16.6. The van der Waals surface area contributed by atoms with Gasteiger partial charge in [0, 0.05) is 19.5 Å². The highest BCUT2D eigenvalue weighted by Crippen LogP contribution is 2.26. The highest BCUT2D eigenvalue weighted by molar-refractivity contribution is 5.69. The molecule has 1 fully saturated rings. The van der Waals surface area contributed by atoms with E-state index in [1.165, 1.54) is 89.9 Å². The van der Waals surface area contributed by atoms with Gasteiger partial charge in [0.1, 0.15) is 5.60 Å². The molecular weight excluding hydrogens is 346 g/mol. The summed E-state index contributed by atoms with van der Waals surface area (Å²) in [7, 11) is 2.14. The summed E-state index contributed by atoms with van der Waals surface area (Å²) >= 11 is 0. The Hall–Kier alpha value is -0.570. The molecular formula is C25H49NO2. The van der Waals surface area contributed by atoms with Gasteiger partial charge in [-0.1, -0.05) is 96.8 Å². The third-order valence-corrected chi connectivity index (χ3v) is 6.39. The summed E-state index contributed by atoms with van der Waals surface area (Å²) in [6, 6.07) is 0. The SMILES string of the molecule is CCCCCCCCCCCCCCCCCC(=O)OC1(C)CCN(C)CC1. The quantitative estimate of drug-likeness (QED) is 0.191. The molecule has 166 valence electrons. The van der Waals surface area contributed by atoms with Crippen LogP contribution in [-0.4, -0.2) is 36.6 Å². The predicted octanol–water partition coefficient (Wildman–Crippen LogP) is 7.28. The Labute approximate surface area is 176 Å². The fourth-order valence-electron chi connectivity index (χ4n) is 4.16. The van der Waals surface area contributed by atoms with E-state index >= 15 is 0 Å². The zero-order chi connectivity index (χ0) is 20.5. The second kappa shape index (κ2) is 16.3. The number of unbranched alkanes of at least 4 members (excludes halogenated alkanes) is 14. The largest absolute Gasteiger partial charge is 0.459 e. The molecule has 1 aliphatic heterocycles. The van der Waals surface area contributed by atoms with Crippen LogP contribution in [0.3, 0.4) is 0 Å². The summed E-state index contributed by atoms with van der Waals surface area (Å²) in [4.78, 5) is 14.4. The maximum Gasteiger partial charge on any atom is 0.306 e. The van der Waals surface area contributed by atoms with Crippen molar-refractivity contribution in [2.24, 2.45) is 0 Å². The number of nitrogens with zero attached hydrogens (tertiary/aromatic N) is 1. The van der Waals surface area contributed by atoms with Gasteiger partial charge in [0.2, 0.25) is 0 Å². The van der Waals surface area contributed by atoms with Crippen LogP contribution in [0.5, 0.6) is 0 Å². The molecule has 0 aliphatic carbocycles. The minimum Gasteiger partial charge on any atom is -0.459 e. The van der Waals surface area contributed by atoms with E-state index in [2.05, 4.69) is 25.8 Å². The molecule has 0 amide bonds. The van der Waals surface area contributed by atoms with Crippen molar-refractivity contribution < 1.29 is 9.53 Å². The van der Waals surface area contributed by atoms with E-state index in [0.717, 1.165) is 32.4 Å². The van der Waals surface area contributed by atoms with Gasteiger partial charge < -0.3 is 9.64 Å². The first-order valence-electron chi connectivity index (χ1n) is 12.5. The second-order valence-electron chi connectivity index (χ2n) is 9.43. The normalized spacial score (nSPS) is 17.0. The lowest BCUT2D eigenvalue weighted by Gasteiger charge is -2.37. The highest BCUT2D eigenvalue weighted by Gasteiger charge is 2.32. The Morgan fingerprint density at radius 1 is 0.750 bits per heavy atom. The van der Waals surface area contributed by atoms with Crippen LogP contribution in [-0.2, 0) is 9.53 Å². The molecule has 0 aromatic rings. The van der Waals surface area contributed by atoms with Gasteiger partial charge in [0.15, 0.2) is 0 Å². The molecule has 1 heterocycles. The number of hydrogen-bond donors (Lipinski definition) is 0. The van der Waals surface area contributed by atoms with Gasteiger partial charge in [-0.3, -0.25) is 4.79 Å². The second-order valence-corrected chi connectivity index (χ2v) is 9.43. The molecule has 0 bridgehead atoms. The fourth-order valence-corrected chi connectivity index (χ4v) is 4.16. The number of rotatable bonds is 17. The number of carbonyl (C=O) groups is 1. The molecule has 3 heteroatoms. The lowest BCUT2D eigenvalue weighted by Crippen LogP contribution is -2.43. The van der Waals surface area contributed by atoms with Crippen molar-refractivity contribution in [2.75, 3.05) is 20.1 Å². The molecule has 0 unspecified atom stereocenters. The zero-order valence-electron chi connectivity index (χ0n) is 19.4. The average Bonchev–Trinajstić information content (AvgIpc) is 2.67. The molecule has 0 spiro atoms. The van der Waals surface area contributed by atoms with Crippen molar-refractivity contribution >= 4 is 5.97 Å². The van der Waals surface area contributed by atoms with E-state index in [4.69, 9.17) is 4.74 Å². The van der Waals surface area contributed by atoms with Gasteiger partial charge in [-0.25, -0.2) is 0 Å². The van der Waals surface area contributed by atoms with Gasteiger partial charge in [0.05, 0.1) is 0 Å². The minimum atomic E-state index is -0.223. The Morgan fingerprint density at radius 2 is 1.14 bits per heavy atom. The van der Waals surface area contributed by atoms with Gasteiger partial charge in [0.25, 0.3) is 0 Å². The smallest absolute Gasteiger partial charge is 0.306 e. The van der Waals surface area contributed by atoms with Gasteiger partial charge in [-0.2, -0.15) is 0 Å². The van der Waals surface area contributed by atoms with Gasteiger partial charge in [-0.15, -0.1) is 0 Å². The van der Waals surface area contributed by atoms with Crippen molar-refractivity contribution in [1.29, 1.82) is 0 Å². The fraction of sp³-hybridized carbons (Fsp3) is 0.960. The number of likely N-dealkylation sites (tertiary alicyclic amines) is 1. The van der Waals surface area contributed by atoms with E-state index < -0.39 is 0 Å². The molecule has 1 saturated heterocycles. The summed E-state index contributed by atoms with van der Waals surface area (Å²) in [5.41, 5.74) is -0.223. The van der Waals surface area contributed by atoms with E-state index in [1.54, 1.807) is 0 Å². The Bertz CT molecular complexity index is 375. The molecule has 0 aromatic heterocycles. The molecule has 0 radical (unpaired) electrons. The van der Waals surface area contributed by atoms with Crippen LogP contribution in [0.2, 0.25) is 0 Å². The Kier molecular flexibility index (Phi) is 14.8. The van der Waals surface area contributed by atoms with Gasteiger partial charge in [-0.05, 0) is 33.2 Å². The van der Waals surface area contributed by atoms with Crippen LogP contribution in [0.4, 0.5) is 0 Å². The Balaban J connectivity index is 1.82. The molecule has 28 heavy (non-hydrogen) atoms. The first-order chi connectivity index (χ1) is 13.6. The van der Waals surface area contributed by atoms with E-state index in [-0.39, 0.29) is 11.6 Å². The predicted molar refractivity (Wildman–Crippen MR) is 121 cm³/mol. The van der Waals surface area contributed by atoms with Crippen LogP contribution in [0.25, 0.3) is 0 Å². The maximum absolute atomic E-state index is 12.1. The molecule has 1 rings (SSSR count). The van der Waals surface area contributed by atoms with Crippen LogP contribution < -0.4 is 0 Å². The lowest BCUT2D eigenvalue weighted by molar-refractivity contribution is -0.162. The molecule has 3 nitrogen and oxygen atoms in total. The van der Waals surface area contributed by atoms with Crippen molar-refractivity contribution in [2.45, 2.75) is 135 Å². The average molecular weight is 396 g/mol. The van der Waals surface area contributed by atoms with Crippen LogP contribution in [0.1, 0.15) is 129 Å². The van der Waals surface area contributed by atoms with E-state index in [0.29, 0.717) is 6.42 Å². The molecule has 0 aromatic carbocycles. The van der Waals surface area contributed by atoms with Crippen molar-refractivity contribution in [3.05, 3.63) is 0 Å². The molecule has 0 N–H and O–H groups in total. The zero-order valence-corrected chi connectivity index (χ0v) is 19.4. The maximum atomic E-state index is 12.1. The molecule has 1 aliphatic rings. The monoisotopic (exact) mass is 395 g/mol. The first kappa shape index (κ1) is 25.5. The summed E-state index contributed by atoms with van der Waals surface area (Å²) in [6.45, 7) is 6.45. The van der Waals surface area contributed by atoms with E-state index in [9.17, 15) is 4.79 Å². The first-order valence-corrected chi connectivity index (χ1v) is 12.5. The summed E-state index contributed by atoms with van der Waals surface area (Å²) in [5.74, 6) is 0.0155. The Morgan fingerprint density at radius 3 is 1.57 bits per heavy atom. The number of esters is 1. The molecule has 0 atom stereocenters. The number of carbonyl (C=O) groups excluding carboxylic acids is 1. The number of hydrogen-bond acceptors (Lipinski definition) is 3. The van der Waals surface area contributed by atoms with Gasteiger partial charge >= 0.3 is 5.97 Å². The number of ether oxygens (including phenoxy) is 1. The van der Waals surface area contributed by atoms with Crippen molar-refractivity contribution in [3.8, 4) is 0 Å². The topological polar surface area (TPSA) is 29.5 Å². The number of piperidine rings is 1. The lowest BCUT2D eigenvalue weighted by atomic mass is 9.93. The third kappa shape index (κ3) is 13.6. The standard InChI is InChI=1S/C25H49NO2/c1-4-5-6-7-8-9-10-11-12-13-14-15-16-17-18-19-24(27)28-25(2)20-22-26(3)23-21-25/h4-23H2,1-3H3. The summed E-state index contributed by atoms with van der Waals surface area (Å²) < 4.78 is 5.78. The minimum absolute atomic E-state index is 0.0155. The van der Waals surface area contributed by atoms with Crippen LogP contribution in [0, 0.1) is 0 Å². The van der Waals surface area contributed by atoms with Crippen LogP contribution >= 0.6 is 0 Å².